The number of ether oxygens (including phenoxy) is 1. The van der Waals surface area contributed by atoms with E-state index >= 15 is 0 Å². The number of para-hydroxylation sites is 1. The van der Waals surface area contributed by atoms with Crippen molar-refractivity contribution in [1.82, 2.24) is 14.2 Å². The molecular formula is C28H20F3N5O5. The fourth-order valence-corrected chi connectivity index (χ4v) is 4.41. The number of nitro groups is 1. The highest BCUT2D eigenvalue weighted by Gasteiger charge is 2.33. The minimum absolute atomic E-state index is 0.177. The summed E-state index contributed by atoms with van der Waals surface area (Å²) in [5.41, 5.74) is 0.0826. The summed E-state index contributed by atoms with van der Waals surface area (Å²) >= 11 is 0. The van der Waals surface area contributed by atoms with Crippen LogP contribution < -0.4 is 16.0 Å². The minimum atomic E-state index is -4.73. The zero-order valence-electron chi connectivity index (χ0n) is 21.5. The van der Waals surface area contributed by atoms with E-state index in [1.807, 2.05) is 24.5 Å². The van der Waals surface area contributed by atoms with Gasteiger partial charge in [-0.2, -0.15) is 18.3 Å². The number of alkyl halides is 3. The molecule has 0 aliphatic rings. The SMILES string of the molecule is Cc1cc(C=Nn2c(=O)[nH]c3ccccc3c2=O)c(C)n1-c1ccc(Oc2ccc(C(F)(F)F)cc2[N+](=O)[O-])cc1. The summed E-state index contributed by atoms with van der Waals surface area (Å²) in [5.74, 6) is -0.155. The van der Waals surface area contributed by atoms with Gasteiger partial charge in [-0.1, -0.05) is 12.1 Å². The molecule has 0 aliphatic heterocycles. The van der Waals surface area contributed by atoms with Crippen LogP contribution in [-0.4, -0.2) is 25.4 Å². The largest absolute Gasteiger partial charge is 0.450 e. The summed E-state index contributed by atoms with van der Waals surface area (Å²) in [7, 11) is 0. The lowest BCUT2D eigenvalue weighted by Crippen LogP contribution is -2.32. The average Bonchev–Trinajstić information content (AvgIpc) is 3.21. The third-order valence-electron chi connectivity index (χ3n) is 6.37. The molecule has 2 aromatic heterocycles. The number of halogens is 3. The molecule has 0 aliphatic carbocycles. The van der Waals surface area contributed by atoms with Gasteiger partial charge in [0.05, 0.1) is 27.6 Å². The maximum atomic E-state index is 13.0. The molecule has 0 atom stereocenters. The normalized spacial score (nSPS) is 11.8. The number of fused-ring (bicyclic) bond motifs is 1. The van der Waals surface area contributed by atoms with E-state index in [0.717, 1.165) is 22.1 Å². The first kappa shape index (κ1) is 27.1. The van der Waals surface area contributed by atoms with E-state index in [9.17, 15) is 32.9 Å². The van der Waals surface area contributed by atoms with Crippen molar-refractivity contribution >= 4 is 22.8 Å². The van der Waals surface area contributed by atoms with E-state index < -0.39 is 33.6 Å². The second kappa shape index (κ2) is 10.3. The van der Waals surface area contributed by atoms with Gasteiger partial charge in [-0.05, 0) is 68.4 Å². The predicted molar refractivity (Wildman–Crippen MR) is 145 cm³/mol. The van der Waals surface area contributed by atoms with Crippen molar-refractivity contribution in [2.24, 2.45) is 5.10 Å². The Labute approximate surface area is 228 Å². The van der Waals surface area contributed by atoms with Crippen LogP contribution in [0.25, 0.3) is 16.6 Å². The lowest BCUT2D eigenvalue weighted by molar-refractivity contribution is -0.385. The molecule has 41 heavy (non-hydrogen) atoms. The number of nitrogens with zero attached hydrogens (tertiary/aromatic N) is 4. The second-order valence-corrected chi connectivity index (χ2v) is 9.03. The molecule has 0 saturated carbocycles. The molecule has 1 N–H and O–H groups in total. The number of rotatable bonds is 6. The molecule has 0 amide bonds. The topological polar surface area (TPSA) is 125 Å². The average molecular weight is 563 g/mol. The van der Waals surface area contributed by atoms with Crippen molar-refractivity contribution in [2.45, 2.75) is 20.0 Å². The van der Waals surface area contributed by atoms with Crippen LogP contribution in [0.5, 0.6) is 11.5 Å². The quantitative estimate of drug-likeness (QED) is 0.161. The Bertz CT molecular complexity index is 1950. The smallest absolute Gasteiger partial charge is 0.416 e. The number of hydrogen-bond donors (Lipinski definition) is 1. The number of aryl methyl sites for hydroxylation is 1. The van der Waals surface area contributed by atoms with Crippen LogP contribution in [0.3, 0.4) is 0 Å². The number of H-pyrrole nitrogens is 1. The molecule has 5 rings (SSSR count). The number of aromatic amines is 1. The fourth-order valence-electron chi connectivity index (χ4n) is 4.41. The van der Waals surface area contributed by atoms with Gasteiger partial charge in [-0.25, -0.2) is 4.79 Å². The molecule has 0 saturated heterocycles. The third-order valence-corrected chi connectivity index (χ3v) is 6.37. The fraction of sp³-hybridized carbons (Fsp3) is 0.107. The van der Waals surface area contributed by atoms with E-state index in [4.69, 9.17) is 4.74 Å². The first-order valence-electron chi connectivity index (χ1n) is 12.1. The number of aromatic nitrogens is 3. The Kier molecular flexibility index (Phi) is 6.79. The minimum Gasteiger partial charge on any atom is -0.450 e. The van der Waals surface area contributed by atoms with Crippen LogP contribution in [0, 0.1) is 24.0 Å². The molecule has 0 spiro atoms. The highest BCUT2D eigenvalue weighted by atomic mass is 19.4. The Morgan fingerprint density at radius 3 is 2.39 bits per heavy atom. The van der Waals surface area contributed by atoms with Gasteiger partial charge >= 0.3 is 17.6 Å². The van der Waals surface area contributed by atoms with Gasteiger partial charge in [0, 0.05) is 28.7 Å². The van der Waals surface area contributed by atoms with Crippen LogP contribution in [0.4, 0.5) is 18.9 Å². The van der Waals surface area contributed by atoms with Crippen molar-refractivity contribution < 1.29 is 22.8 Å². The number of benzene rings is 3. The molecular weight excluding hydrogens is 543 g/mol. The molecule has 5 aromatic rings. The summed E-state index contributed by atoms with van der Waals surface area (Å²) in [5, 5.41) is 15.8. The second-order valence-electron chi connectivity index (χ2n) is 9.03. The number of nitro benzene ring substituents is 1. The molecule has 0 unspecified atom stereocenters. The maximum absolute atomic E-state index is 13.0. The Balaban J connectivity index is 1.42. The van der Waals surface area contributed by atoms with E-state index in [1.54, 1.807) is 36.4 Å². The Morgan fingerprint density at radius 2 is 1.71 bits per heavy atom. The van der Waals surface area contributed by atoms with Crippen molar-refractivity contribution in [3.05, 3.63) is 126 Å². The van der Waals surface area contributed by atoms with Crippen molar-refractivity contribution in [3.63, 3.8) is 0 Å². The van der Waals surface area contributed by atoms with Gasteiger partial charge in [0.15, 0.2) is 0 Å². The van der Waals surface area contributed by atoms with Gasteiger partial charge < -0.3 is 14.3 Å². The van der Waals surface area contributed by atoms with Gasteiger partial charge in [-0.3, -0.25) is 14.9 Å². The van der Waals surface area contributed by atoms with Crippen molar-refractivity contribution in [1.29, 1.82) is 0 Å². The van der Waals surface area contributed by atoms with E-state index in [-0.39, 0.29) is 11.5 Å². The zero-order valence-corrected chi connectivity index (χ0v) is 21.5. The lowest BCUT2D eigenvalue weighted by Gasteiger charge is -2.12. The summed E-state index contributed by atoms with van der Waals surface area (Å²) in [4.78, 5) is 38.2. The molecule has 10 nitrogen and oxygen atoms in total. The van der Waals surface area contributed by atoms with Crippen LogP contribution >= 0.6 is 0 Å². The Hall–Kier alpha value is -5.46. The van der Waals surface area contributed by atoms with E-state index in [2.05, 4.69) is 10.1 Å². The molecule has 13 heteroatoms. The van der Waals surface area contributed by atoms with Gasteiger partial charge in [0.25, 0.3) is 5.56 Å². The van der Waals surface area contributed by atoms with E-state index in [0.29, 0.717) is 34.3 Å². The molecule has 2 heterocycles. The monoisotopic (exact) mass is 563 g/mol. The molecule has 208 valence electrons. The van der Waals surface area contributed by atoms with Gasteiger partial charge in [-0.15, -0.1) is 4.68 Å². The molecule has 3 aromatic carbocycles. The van der Waals surface area contributed by atoms with Crippen LogP contribution in [0.2, 0.25) is 0 Å². The summed E-state index contributed by atoms with van der Waals surface area (Å²) in [6.45, 7) is 3.66. The summed E-state index contributed by atoms with van der Waals surface area (Å²) < 4.78 is 47.1. The van der Waals surface area contributed by atoms with Crippen LogP contribution in [0.1, 0.15) is 22.5 Å². The molecule has 0 fully saturated rings. The first-order valence-corrected chi connectivity index (χ1v) is 12.1. The summed E-state index contributed by atoms with van der Waals surface area (Å²) in [6, 6.07) is 16.9. The number of nitrogens with one attached hydrogen (secondary N) is 1. The van der Waals surface area contributed by atoms with E-state index in [1.165, 1.54) is 18.3 Å². The Morgan fingerprint density at radius 1 is 1.00 bits per heavy atom. The standard InChI is InChI=1S/C28H20F3N5O5/c1-16-13-18(15-32-35-26(37)22-5-3-4-6-23(22)33-27(35)38)17(2)34(16)20-8-10-21(11-9-20)41-25-12-7-19(28(29,30)31)14-24(25)36(39)40/h3-15H,1-2H3,(H,33,38). The third kappa shape index (κ3) is 5.24. The number of hydrogen-bond acceptors (Lipinski definition) is 6. The van der Waals surface area contributed by atoms with Gasteiger partial charge in [0.2, 0.25) is 5.75 Å². The van der Waals surface area contributed by atoms with Crippen LogP contribution in [-0.2, 0) is 6.18 Å². The highest BCUT2D eigenvalue weighted by molar-refractivity contribution is 5.82. The molecule has 0 bridgehead atoms. The van der Waals surface area contributed by atoms with Gasteiger partial charge in [0.1, 0.15) is 5.75 Å². The maximum Gasteiger partial charge on any atom is 0.416 e. The van der Waals surface area contributed by atoms with Crippen molar-refractivity contribution in [3.8, 4) is 17.2 Å². The first-order chi connectivity index (χ1) is 19.4. The highest BCUT2D eigenvalue weighted by Crippen LogP contribution is 2.38. The zero-order chi connectivity index (χ0) is 29.5. The van der Waals surface area contributed by atoms with Crippen molar-refractivity contribution in [2.75, 3.05) is 0 Å². The molecule has 0 radical (unpaired) electrons. The van der Waals surface area contributed by atoms with Crippen LogP contribution in [0.15, 0.2) is 87.5 Å². The summed E-state index contributed by atoms with van der Waals surface area (Å²) in [6.07, 6.45) is -3.33. The predicted octanol–water partition coefficient (Wildman–Crippen LogP) is 5.70. The lowest BCUT2D eigenvalue weighted by atomic mass is 10.2.